The van der Waals surface area contributed by atoms with Crippen LogP contribution >= 0.6 is 0 Å². The zero-order valence-electron chi connectivity index (χ0n) is 17.9. The average molecular weight is 397 g/mol. The van der Waals surface area contributed by atoms with Crippen molar-refractivity contribution in [1.29, 1.82) is 0 Å². The van der Waals surface area contributed by atoms with Gasteiger partial charge in [0.2, 0.25) is 0 Å². The maximum absolute atomic E-state index is 12.4. The number of amides is 1. The molecule has 0 aliphatic carbocycles. The Kier molecular flexibility index (Phi) is 7.15. The highest BCUT2D eigenvalue weighted by atomic mass is 16.5. The Labute approximate surface area is 174 Å². The van der Waals surface area contributed by atoms with Crippen molar-refractivity contribution in [2.24, 2.45) is 0 Å². The summed E-state index contributed by atoms with van der Waals surface area (Å²) in [5.41, 5.74) is 3.24. The van der Waals surface area contributed by atoms with Crippen LogP contribution in [-0.4, -0.2) is 43.2 Å². The van der Waals surface area contributed by atoms with E-state index in [-0.39, 0.29) is 5.91 Å². The summed E-state index contributed by atoms with van der Waals surface area (Å²) in [6.45, 7) is 8.43. The molecule has 29 heavy (non-hydrogen) atoms. The maximum atomic E-state index is 12.4. The van der Waals surface area contributed by atoms with Gasteiger partial charge in [0.05, 0.1) is 0 Å². The van der Waals surface area contributed by atoms with Crippen LogP contribution in [0.3, 0.4) is 0 Å². The number of ether oxygens (including phenoxy) is 2. The third-order valence-corrected chi connectivity index (χ3v) is 5.36. The molecule has 2 aromatic rings. The van der Waals surface area contributed by atoms with Gasteiger partial charge in [-0.1, -0.05) is 29.8 Å². The van der Waals surface area contributed by atoms with Crippen molar-refractivity contribution >= 4 is 5.91 Å². The van der Waals surface area contributed by atoms with Crippen molar-refractivity contribution in [3.63, 3.8) is 0 Å². The lowest BCUT2D eigenvalue weighted by molar-refractivity contribution is -0.127. The number of piperidine rings is 1. The molecule has 0 spiro atoms. The van der Waals surface area contributed by atoms with Gasteiger partial charge >= 0.3 is 0 Å². The van der Waals surface area contributed by atoms with Gasteiger partial charge < -0.3 is 19.7 Å². The number of nitrogens with zero attached hydrogens (tertiary/aromatic N) is 1. The molecule has 5 heteroatoms. The minimum atomic E-state index is -0.552. The Balaban J connectivity index is 1.45. The second-order valence-electron chi connectivity index (χ2n) is 8.01. The summed E-state index contributed by atoms with van der Waals surface area (Å²) >= 11 is 0. The van der Waals surface area contributed by atoms with Gasteiger partial charge in [-0.2, -0.15) is 0 Å². The summed E-state index contributed by atoms with van der Waals surface area (Å²) < 4.78 is 11.9. The second kappa shape index (κ2) is 9.79. The number of aryl methyl sites for hydroxylation is 2. The van der Waals surface area contributed by atoms with Crippen LogP contribution in [0.2, 0.25) is 0 Å². The molecule has 1 aliphatic rings. The molecule has 1 aliphatic heterocycles. The normalized spacial score (nSPS) is 16.3. The highest BCUT2D eigenvalue weighted by molar-refractivity contribution is 5.80. The van der Waals surface area contributed by atoms with E-state index in [4.69, 9.17) is 9.47 Å². The van der Waals surface area contributed by atoms with Gasteiger partial charge in [0, 0.05) is 19.6 Å². The minimum Gasteiger partial charge on any atom is -0.490 e. The predicted octanol–water partition coefficient (Wildman–Crippen LogP) is 3.86. The van der Waals surface area contributed by atoms with Crippen LogP contribution in [0.15, 0.2) is 42.5 Å². The van der Waals surface area contributed by atoms with Crippen molar-refractivity contribution in [3.05, 3.63) is 59.2 Å². The highest BCUT2D eigenvalue weighted by Crippen LogP contribution is 2.21. The first kappa shape index (κ1) is 21.2. The van der Waals surface area contributed by atoms with Gasteiger partial charge in [0.15, 0.2) is 6.10 Å². The van der Waals surface area contributed by atoms with E-state index in [2.05, 4.69) is 23.3 Å². The van der Waals surface area contributed by atoms with Crippen LogP contribution in [0.5, 0.6) is 11.5 Å². The molecule has 0 radical (unpaired) electrons. The molecular weight excluding hydrogens is 364 g/mol. The Hall–Kier alpha value is -2.53. The van der Waals surface area contributed by atoms with Crippen LogP contribution in [0.1, 0.15) is 36.5 Å². The van der Waals surface area contributed by atoms with Gasteiger partial charge in [0.1, 0.15) is 17.6 Å². The number of hydrogen-bond donors (Lipinski definition) is 1. The van der Waals surface area contributed by atoms with Gasteiger partial charge in [-0.15, -0.1) is 0 Å². The maximum Gasteiger partial charge on any atom is 0.261 e. The van der Waals surface area contributed by atoms with Crippen molar-refractivity contribution in [1.82, 2.24) is 10.2 Å². The largest absolute Gasteiger partial charge is 0.490 e. The van der Waals surface area contributed by atoms with Crippen LogP contribution < -0.4 is 14.8 Å². The Morgan fingerprint density at radius 1 is 1.14 bits per heavy atom. The summed E-state index contributed by atoms with van der Waals surface area (Å²) in [5.74, 6) is 1.51. The fraction of sp³-hybridized carbons (Fsp3) is 0.458. The summed E-state index contributed by atoms with van der Waals surface area (Å²) in [7, 11) is 2.15. The lowest BCUT2D eigenvalue weighted by Crippen LogP contribution is -2.36. The van der Waals surface area contributed by atoms with Crippen LogP contribution in [0.4, 0.5) is 0 Å². The fourth-order valence-corrected chi connectivity index (χ4v) is 3.49. The second-order valence-corrected chi connectivity index (χ2v) is 8.01. The third-order valence-electron chi connectivity index (χ3n) is 5.36. The summed E-state index contributed by atoms with van der Waals surface area (Å²) in [4.78, 5) is 14.7. The van der Waals surface area contributed by atoms with Crippen LogP contribution in [0.25, 0.3) is 0 Å². The molecular formula is C24H32N2O3. The first-order valence-corrected chi connectivity index (χ1v) is 10.4. The third kappa shape index (κ3) is 6.23. The fourth-order valence-electron chi connectivity index (χ4n) is 3.49. The lowest BCUT2D eigenvalue weighted by atomic mass is 10.1. The van der Waals surface area contributed by atoms with E-state index in [1.54, 1.807) is 6.92 Å². The predicted molar refractivity (Wildman–Crippen MR) is 115 cm³/mol. The zero-order chi connectivity index (χ0) is 20.8. The quantitative estimate of drug-likeness (QED) is 0.772. The Morgan fingerprint density at radius 2 is 1.83 bits per heavy atom. The van der Waals surface area contributed by atoms with Crippen molar-refractivity contribution in [2.75, 3.05) is 20.1 Å². The van der Waals surface area contributed by atoms with Gasteiger partial charge in [-0.05, 0) is 70.0 Å². The molecule has 1 fully saturated rings. The molecule has 0 bridgehead atoms. The Morgan fingerprint density at radius 3 is 2.48 bits per heavy atom. The van der Waals surface area contributed by atoms with Crippen molar-refractivity contribution in [3.8, 4) is 11.5 Å². The molecule has 0 saturated carbocycles. The van der Waals surface area contributed by atoms with E-state index in [1.807, 2.05) is 50.2 Å². The molecule has 1 atom stereocenters. The molecule has 5 nitrogen and oxygen atoms in total. The van der Waals surface area contributed by atoms with Crippen LogP contribution in [0, 0.1) is 13.8 Å². The number of likely N-dealkylation sites (tertiary alicyclic amines) is 1. The lowest BCUT2D eigenvalue weighted by Gasteiger charge is -2.29. The molecule has 156 valence electrons. The van der Waals surface area contributed by atoms with E-state index in [1.165, 1.54) is 5.56 Å². The Bertz CT molecular complexity index is 811. The van der Waals surface area contributed by atoms with E-state index in [9.17, 15) is 4.79 Å². The average Bonchev–Trinajstić information content (AvgIpc) is 2.71. The molecule has 0 unspecified atom stereocenters. The van der Waals surface area contributed by atoms with Crippen molar-refractivity contribution in [2.45, 2.75) is 52.4 Å². The summed E-state index contributed by atoms with van der Waals surface area (Å²) in [6, 6.07) is 13.9. The van der Waals surface area contributed by atoms with E-state index in [0.29, 0.717) is 12.6 Å². The molecule has 1 heterocycles. The number of carbonyl (C=O) groups is 1. The van der Waals surface area contributed by atoms with Gasteiger partial charge in [-0.25, -0.2) is 0 Å². The molecule has 2 aromatic carbocycles. The number of nitrogens with one attached hydrogen (secondary N) is 1. The van der Waals surface area contributed by atoms with E-state index >= 15 is 0 Å². The van der Waals surface area contributed by atoms with E-state index in [0.717, 1.165) is 48.6 Å². The van der Waals surface area contributed by atoms with E-state index < -0.39 is 6.10 Å². The minimum absolute atomic E-state index is 0.128. The monoisotopic (exact) mass is 396 g/mol. The zero-order valence-corrected chi connectivity index (χ0v) is 17.9. The first-order valence-electron chi connectivity index (χ1n) is 10.4. The summed E-state index contributed by atoms with van der Waals surface area (Å²) in [5, 5.41) is 2.95. The molecule has 3 rings (SSSR count). The number of hydrogen-bond acceptors (Lipinski definition) is 4. The topological polar surface area (TPSA) is 50.8 Å². The van der Waals surface area contributed by atoms with Crippen LogP contribution in [-0.2, 0) is 11.3 Å². The number of rotatable bonds is 7. The summed E-state index contributed by atoms with van der Waals surface area (Å²) in [6.07, 6.45) is 1.86. The SMILES string of the molecule is Cc1ccc(O[C@H](C)C(=O)NCc2ccc(OC3CCN(C)CC3)cc2)c(C)c1. The van der Waals surface area contributed by atoms with Crippen molar-refractivity contribution < 1.29 is 14.3 Å². The smallest absolute Gasteiger partial charge is 0.261 e. The highest BCUT2D eigenvalue weighted by Gasteiger charge is 2.18. The first-order chi connectivity index (χ1) is 13.9. The van der Waals surface area contributed by atoms with Gasteiger partial charge in [-0.3, -0.25) is 4.79 Å². The molecule has 0 aromatic heterocycles. The number of carbonyl (C=O) groups excluding carboxylic acids is 1. The molecule has 1 saturated heterocycles. The number of benzene rings is 2. The standard InChI is InChI=1S/C24H32N2O3/c1-17-5-10-23(18(2)15-17)28-19(3)24(27)25-16-20-6-8-21(9-7-20)29-22-11-13-26(4)14-12-22/h5-10,15,19,22H,11-14,16H2,1-4H3,(H,25,27)/t19-/m1/s1. The molecule has 1 amide bonds. The molecule has 1 N–H and O–H groups in total. The van der Waals surface area contributed by atoms with Gasteiger partial charge in [0.25, 0.3) is 5.91 Å².